The predicted molar refractivity (Wildman–Crippen MR) is 119 cm³/mol. The molecule has 0 radical (unpaired) electrons. The summed E-state index contributed by atoms with van der Waals surface area (Å²) in [5, 5.41) is 7.66. The largest absolute Gasteiger partial charge is 0.493 e. The van der Waals surface area contributed by atoms with Crippen molar-refractivity contribution in [3.05, 3.63) is 40.8 Å². The van der Waals surface area contributed by atoms with E-state index < -0.39 is 0 Å². The van der Waals surface area contributed by atoms with E-state index in [1.165, 1.54) is 5.56 Å². The first-order valence-corrected chi connectivity index (χ1v) is 11.3. The summed E-state index contributed by atoms with van der Waals surface area (Å²) in [4.78, 5) is 15.2. The Kier molecular flexibility index (Phi) is 7.32. The lowest BCUT2D eigenvalue weighted by Crippen LogP contribution is -2.42. The highest BCUT2D eigenvalue weighted by atomic mass is 16.5. The van der Waals surface area contributed by atoms with Crippen molar-refractivity contribution in [3.8, 4) is 11.5 Å². The molecule has 0 saturated carbocycles. The standard InChI is InChI=1S/C24H33N3O5/c1-29-15-21-12-20(26-32-21)8-18-13-25-6-4-16(18)11-24(28)27-7-5-17-9-22(30-2)23(31-3)10-19(17)14-27/h9-10,12,16,18,25H,4-8,11,13-15H2,1-3H3/t16-,18+/m0/s1. The number of amides is 1. The number of benzene rings is 1. The lowest BCUT2D eigenvalue weighted by molar-refractivity contribution is -0.133. The first-order chi connectivity index (χ1) is 15.6. The maximum atomic E-state index is 13.2. The van der Waals surface area contributed by atoms with Crippen molar-refractivity contribution in [2.24, 2.45) is 11.8 Å². The lowest BCUT2D eigenvalue weighted by atomic mass is 9.80. The fourth-order valence-corrected chi connectivity index (χ4v) is 4.87. The Hall–Kier alpha value is -2.58. The molecule has 0 spiro atoms. The second kappa shape index (κ2) is 10.4. The van der Waals surface area contributed by atoms with Gasteiger partial charge in [0.2, 0.25) is 5.91 Å². The fourth-order valence-electron chi connectivity index (χ4n) is 4.87. The number of rotatable bonds is 8. The molecule has 2 atom stereocenters. The summed E-state index contributed by atoms with van der Waals surface area (Å²) in [6.07, 6.45) is 3.20. The molecule has 0 unspecified atom stereocenters. The highest BCUT2D eigenvalue weighted by Crippen LogP contribution is 2.34. The molecule has 3 heterocycles. The van der Waals surface area contributed by atoms with Gasteiger partial charge in [0.05, 0.1) is 19.9 Å². The van der Waals surface area contributed by atoms with Crippen LogP contribution < -0.4 is 14.8 Å². The van der Waals surface area contributed by atoms with E-state index in [-0.39, 0.29) is 5.91 Å². The van der Waals surface area contributed by atoms with Gasteiger partial charge in [-0.2, -0.15) is 0 Å². The van der Waals surface area contributed by atoms with E-state index in [0.717, 1.165) is 61.7 Å². The Bertz CT molecular complexity index is 928. The highest BCUT2D eigenvalue weighted by molar-refractivity contribution is 5.77. The van der Waals surface area contributed by atoms with Crippen LogP contribution in [0, 0.1) is 11.8 Å². The number of carbonyl (C=O) groups excluding carboxylic acids is 1. The van der Waals surface area contributed by atoms with Gasteiger partial charge in [-0.05, 0) is 67.4 Å². The number of fused-ring (bicyclic) bond motifs is 1. The van der Waals surface area contributed by atoms with Crippen LogP contribution in [0.4, 0.5) is 0 Å². The summed E-state index contributed by atoms with van der Waals surface area (Å²) in [7, 11) is 4.93. The maximum absolute atomic E-state index is 13.2. The summed E-state index contributed by atoms with van der Waals surface area (Å²) in [5.74, 6) is 3.10. The van der Waals surface area contributed by atoms with E-state index in [1.54, 1.807) is 21.3 Å². The number of methoxy groups -OCH3 is 3. The molecule has 1 fully saturated rings. The average molecular weight is 444 g/mol. The molecule has 0 aliphatic carbocycles. The van der Waals surface area contributed by atoms with Gasteiger partial charge in [0.25, 0.3) is 0 Å². The fraction of sp³-hybridized carbons (Fsp3) is 0.583. The van der Waals surface area contributed by atoms with Gasteiger partial charge in [0.15, 0.2) is 17.3 Å². The lowest BCUT2D eigenvalue weighted by Gasteiger charge is -2.35. The number of nitrogens with zero attached hydrogens (tertiary/aromatic N) is 2. The molecule has 0 bridgehead atoms. The number of piperidine rings is 1. The van der Waals surface area contributed by atoms with Gasteiger partial charge in [0, 0.05) is 32.7 Å². The summed E-state index contributed by atoms with van der Waals surface area (Å²) < 4.78 is 21.3. The zero-order chi connectivity index (χ0) is 22.5. The monoisotopic (exact) mass is 443 g/mol. The van der Waals surface area contributed by atoms with E-state index in [2.05, 4.69) is 10.5 Å². The van der Waals surface area contributed by atoms with Crippen LogP contribution in [0.25, 0.3) is 0 Å². The van der Waals surface area contributed by atoms with Gasteiger partial charge in [-0.15, -0.1) is 0 Å². The number of hydrogen-bond donors (Lipinski definition) is 1. The first-order valence-electron chi connectivity index (χ1n) is 11.3. The van der Waals surface area contributed by atoms with Crippen molar-refractivity contribution < 1.29 is 23.5 Å². The van der Waals surface area contributed by atoms with Gasteiger partial charge in [-0.25, -0.2) is 0 Å². The van der Waals surface area contributed by atoms with Crippen molar-refractivity contribution in [1.82, 2.24) is 15.4 Å². The number of carbonyl (C=O) groups is 1. The third-order valence-electron chi connectivity index (χ3n) is 6.64. The predicted octanol–water partition coefficient (Wildman–Crippen LogP) is 2.58. The quantitative estimate of drug-likeness (QED) is 0.671. The second-order valence-corrected chi connectivity index (χ2v) is 8.68. The van der Waals surface area contributed by atoms with Crippen LogP contribution in [0.3, 0.4) is 0 Å². The molecule has 1 amide bonds. The third kappa shape index (κ3) is 5.07. The molecule has 1 saturated heterocycles. The van der Waals surface area contributed by atoms with Crippen LogP contribution >= 0.6 is 0 Å². The Morgan fingerprint density at radius 2 is 1.94 bits per heavy atom. The molecule has 8 nitrogen and oxygen atoms in total. The number of ether oxygens (including phenoxy) is 3. The Balaban J connectivity index is 1.39. The molecular formula is C24H33N3O5. The second-order valence-electron chi connectivity index (χ2n) is 8.68. The maximum Gasteiger partial charge on any atom is 0.223 e. The number of aromatic nitrogens is 1. The molecule has 2 aromatic rings. The van der Waals surface area contributed by atoms with Crippen LogP contribution in [-0.2, 0) is 35.5 Å². The van der Waals surface area contributed by atoms with Crippen LogP contribution in [0.15, 0.2) is 22.7 Å². The summed E-state index contributed by atoms with van der Waals surface area (Å²) >= 11 is 0. The van der Waals surface area contributed by atoms with Crippen molar-refractivity contribution in [2.45, 2.75) is 38.8 Å². The van der Waals surface area contributed by atoms with E-state index in [4.69, 9.17) is 18.7 Å². The van der Waals surface area contributed by atoms with Crippen molar-refractivity contribution in [1.29, 1.82) is 0 Å². The molecule has 4 rings (SSSR count). The Morgan fingerprint density at radius 1 is 1.16 bits per heavy atom. The van der Waals surface area contributed by atoms with E-state index in [1.807, 2.05) is 23.1 Å². The molecule has 1 N–H and O–H groups in total. The molecule has 32 heavy (non-hydrogen) atoms. The minimum absolute atomic E-state index is 0.225. The number of nitrogens with one attached hydrogen (secondary N) is 1. The van der Waals surface area contributed by atoms with E-state index >= 15 is 0 Å². The topological polar surface area (TPSA) is 86.1 Å². The van der Waals surface area contributed by atoms with Gasteiger partial charge >= 0.3 is 0 Å². The first kappa shape index (κ1) is 22.6. The van der Waals surface area contributed by atoms with Gasteiger partial charge in [-0.1, -0.05) is 5.16 Å². The van der Waals surface area contributed by atoms with Crippen molar-refractivity contribution >= 4 is 5.91 Å². The molecular weight excluding hydrogens is 410 g/mol. The average Bonchev–Trinajstić information content (AvgIpc) is 3.26. The van der Waals surface area contributed by atoms with E-state index in [0.29, 0.717) is 37.2 Å². The Morgan fingerprint density at radius 3 is 2.69 bits per heavy atom. The molecule has 2 aliphatic heterocycles. The molecule has 2 aliphatic rings. The zero-order valence-corrected chi connectivity index (χ0v) is 19.2. The SMILES string of the molecule is COCc1cc(C[C@@H]2CNCC[C@H]2CC(=O)N2CCc3cc(OC)c(OC)cc3C2)no1. The van der Waals surface area contributed by atoms with Crippen molar-refractivity contribution in [3.63, 3.8) is 0 Å². The third-order valence-corrected chi connectivity index (χ3v) is 6.64. The normalized spacial score (nSPS) is 20.7. The van der Waals surface area contributed by atoms with Gasteiger partial charge in [0.1, 0.15) is 6.61 Å². The van der Waals surface area contributed by atoms with Crippen LogP contribution in [0.5, 0.6) is 11.5 Å². The smallest absolute Gasteiger partial charge is 0.223 e. The van der Waals surface area contributed by atoms with Crippen LogP contribution in [0.1, 0.15) is 35.4 Å². The minimum atomic E-state index is 0.225. The molecule has 1 aromatic carbocycles. The van der Waals surface area contributed by atoms with Crippen LogP contribution in [0.2, 0.25) is 0 Å². The number of hydrogen-bond acceptors (Lipinski definition) is 7. The van der Waals surface area contributed by atoms with E-state index in [9.17, 15) is 4.79 Å². The highest BCUT2D eigenvalue weighted by Gasteiger charge is 2.31. The Labute approximate surface area is 189 Å². The summed E-state index contributed by atoms with van der Waals surface area (Å²) in [5.41, 5.74) is 3.29. The van der Waals surface area contributed by atoms with Crippen LogP contribution in [-0.4, -0.2) is 56.9 Å². The zero-order valence-electron chi connectivity index (χ0n) is 19.2. The van der Waals surface area contributed by atoms with Gasteiger partial charge in [-0.3, -0.25) is 4.79 Å². The molecule has 1 aromatic heterocycles. The molecule has 8 heteroatoms. The summed E-state index contributed by atoms with van der Waals surface area (Å²) in [6, 6.07) is 6.00. The minimum Gasteiger partial charge on any atom is -0.493 e. The van der Waals surface area contributed by atoms with Gasteiger partial charge < -0.3 is 29.0 Å². The molecule has 174 valence electrons. The van der Waals surface area contributed by atoms with Crippen molar-refractivity contribution in [2.75, 3.05) is 41.0 Å². The summed E-state index contributed by atoms with van der Waals surface area (Å²) in [6.45, 7) is 3.62.